The van der Waals surface area contributed by atoms with Crippen LogP contribution in [0.25, 0.3) is 0 Å². The molecular formula is C13H15FN2O7S. The fraction of sp³-hybridized carbons (Fsp3) is 0.308. The van der Waals surface area contributed by atoms with Gasteiger partial charge in [0.15, 0.2) is 6.10 Å². The molecule has 11 heteroatoms. The van der Waals surface area contributed by atoms with Crippen LogP contribution in [0.5, 0.6) is 0 Å². The molecule has 0 aliphatic heterocycles. The van der Waals surface area contributed by atoms with Gasteiger partial charge in [-0.15, -0.1) is 0 Å². The molecule has 0 fully saturated rings. The first kappa shape index (κ1) is 19.5. The zero-order chi connectivity index (χ0) is 18.3. The zero-order valence-corrected chi connectivity index (χ0v) is 13.6. The Morgan fingerprint density at radius 2 is 1.88 bits per heavy atom. The summed E-state index contributed by atoms with van der Waals surface area (Å²) in [7, 11) is -3.23. The largest absolute Gasteiger partial charge is 0.453 e. The topological polar surface area (TPSA) is 128 Å². The normalized spacial score (nSPS) is 12.1. The first-order chi connectivity index (χ1) is 11.2. The van der Waals surface area contributed by atoms with Crippen LogP contribution in [0.2, 0.25) is 0 Å². The summed E-state index contributed by atoms with van der Waals surface area (Å²) in [6.45, 7) is 0.341. The van der Waals surface area contributed by atoms with Crippen LogP contribution in [0.4, 0.5) is 9.18 Å². The van der Waals surface area contributed by atoms with Crippen molar-refractivity contribution in [3.63, 3.8) is 0 Å². The van der Waals surface area contributed by atoms with Gasteiger partial charge in [0, 0.05) is 0 Å². The Morgan fingerprint density at radius 3 is 2.46 bits per heavy atom. The van der Waals surface area contributed by atoms with Crippen LogP contribution < -0.4 is 10.0 Å². The maximum atomic E-state index is 13.4. The van der Waals surface area contributed by atoms with Gasteiger partial charge in [0.25, 0.3) is 5.91 Å². The molecule has 0 saturated carbocycles. The van der Waals surface area contributed by atoms with Crippen LogP contribution in [-0.2, 0) is 29.1 Å². The van der Waals surface area contributed by atoms with Gasteiger partial charge < -0.3 is 9.47 Å². The summed E-state index contributed by atoms with van der Waals surface area (Å²) < 4.78 is 47.8. The minimum absolute atomic E-state index is 0.630. The summed E-state index contributed by atoms with van der Waals surface area (Å²) in [6, 6.07) is 4.60. The van der Waals surface area contributed by atoms with E-state index in [0.29, 0.717) is 0 Å². The van der Waals surface area contributed by atoms with Gasteiger partial charge in [0.2, 0.25) is 10.0 Å². The zero-order valence-electron chi connectivity index (χ0n) is 12.7. The number of benzene rings is 1. The first-order valence-electron chi connectivity index (χ1n) is 6.50. The highest BCUT2D eigenvalue weighted by atomic mass is 32.2. The first-order valence-corrected chi connectivity index (χ1v) is 7.98. The number of hydrogen-bond donors (Lipinski definition) is 2. The number of rotatable bonds is 6. The number of alkyl carbamates (subject to hydrolysis) is 1. The van der Waals surface area contributed by atoms with E-state index < -0.39 is 51.4 Å². The molecule has 0 radical (unpaired) electrons. The van der Waals surface area contributed by atoms with Gasteiger partial charge in [0.1, 0.15) is 17.3 Å². The van der Waals surface area contributed by atoms with Crippen molar-refractivity contribution in [2.45, 2.75) is 17.9 Å². The Hall–Kier alpha value is -2.53. The lowest BCUT2D eigenvalue weighted by atomic mass is 10.4. The van der Waals surface area contributed by atoms with Crippen molar-refractivity contribution in [3.05, 3.63) is 30.1 Å². The smallest absolute Gasteiger partial charge is 0.413 e. The van der Waals surface area contributed by atoms with E-state index in [-0.39, 0.29) is 0 Å². The summed E-state index contributed by atoms with van der Waals surface area (Å²) >= 11 is 0. The minimum Gasteiger partial charge on any atom is -0.453 e. The molecule has 9 nitrogen and oxygen atoms in total. The Labute approximate surface area is 137 Å². The second-order valence-corrected chi connectivity index (χ2v) is 6.10. The average Bonchev–Trinajstić information content (AvgIpc) is 2.53. The van der Waals surface area contributed by atoms with E-state index in [1.165, 1.54) is 19.1 Å². The van der Waals surface area contributed by atoms with Crippen LogP contribution in [0, 0.1) is 5.82 Å². The molecule has 0 spiro atoms. The van der Waals surface area contributed by atoms with Crippen LogP contribution in [-0.4, -0.2) is 46.1 Å². The Balaban J connectivity index is 2.58. The van der Waals surface area contributed by atoms with Gasteiger partial charge in [-0.05, 0) is 19.1 Å². The number of halogens is 1. The lowest BCUT2D eigenvalue weighted by Gasteiger charge is -2.13. The van der Waals surface area contributed by atoms with Crippen molar-refractivity contribution in [2.24, 2.45) is 0 Å². The summed E-state index contributed by atoms with van der Waals surface area (Å²) in [4.78, 5) is 33.2. The monoisotopic (exact) mass is 362 g/mol. The van der Waals surface area contributed by atoms with Gasteiger partial charge in [-0.2, -0.15) is 4.72 Å². The third kappa shape index (κ3) is 5.59. The number of carbonyl (C=O) groups is 3. The summed E-state index contributed by atoms with van der Waals surface area (Å²) in [5, 5.41) is 1.77. The number of amides is 2. The van der Waals surface area contributed by atoms with Gasteiger partial charge in [-0.25, -0.2) is 17.6 Å². The minimum atomic E-state index is -4.27. The molecule has 1 atom stereocenters. The molecule has 0 bridgehead atoms. The van der Waals surface area contributed by atoms with E-state index in [9.17, 15) is 27.2 Å². The van der Waals surface area contributed by atoms with Crippen LogP contribution in [0.1, 0.15) is 6.92 Å². The number of esters is 1. The molecule has 24 heavy (non-hydrogen) atoms. The summed E-state index contributed by atoms with van der Waals surface area (Å²) in [5.41, 5.74) is 0. The molecule has 0 unspecified atom stereocenters. The number of sulfonamides is 1. The molecule has 0 aliphatic rings. The number of carbonyl (C=O) groups excluding carboxylic acids is 3. The van der Waals surface area contributed by atoms with E-state index >= 15 is 0 Å². The fourth-order valence-electron chi connectivity index (χ4n) is 1.44. The third-order valence-electron chi connectivity index (χ3n) is 2.62. The SMILES string of the molecule is COC(=O)NC(=O)[C@H](C)OC(=O)CNS(=O)(=O)c1ccccc1F. The maximum Gasteiger partial charge on any atom is 0.413 e. The predicted octanol–water partition coefficient (Wildman–Crippen LogP) is -0.0817. The highest BCUT2D eigenvalue weighted by Gasteiger charge is 2.23. The van der Waals surface area contributed by atoms with Crippen molar-refractivity contribution in [1.29, 1.82) is 0 Å². The second-order valence-electron chi connectivity index (χ2n) is 4.37. The van der Waals surface area contributed by atoms with Gasteiger partial charge >= 0.3 is 12.1 Å². The van der Waals surface area contributed by atoms with Crippen molar-refractivity contribution < 1.29 is 36.7 Å². The van der Waals surface area contributed by atoms with Crippen LogP contribution in [0.15, 0.2) is 29.2 Å². The summed E-state index contributed by atoms with van der Waals surface area (Å²) in [5.74, 6) is -3.03. The molecule has 0 aromatic heterocycles. The van der Waals surface area contributed by atoms with Crippen molar-refractivity contribution >= 4 is 28.0 Å². The fourth-order valence-corrected chi connectivity index (χ4v) is 2.49. The number of ether oxygens (including phenoxy) is 2. The van der Waals surface area contributed by atoms with E-state index in [1.54, 1.807) is 5.32 Å². The predicted molar refractivity (Wildman–Crippen MR) is 77.7 cm³/mol. The van der Waals surface area contributed by atoms with E-state index in [1.807, 2.05) is 4.72 Å². The Morgan fingerprint density at radius 1 is 1.25 bits per heavy atom. The summed E-state index contributed by atoms with van der Waals surface area (Å²) in [6.07, 6.45) is -2.40. The standard InChI is InChI=1S/C13H15FN2O7S/c1-8(12(18)16-13(19)22-2)23-11(17)7-15-24(20,21)10-6-4-3-5-9(10)14/h3-6,8,15H,7H2,1-2H3,(H,16,18,19)/t8-/m0/s1. The highest BCUT2D eigenvalue weighted by molar-refractivity contribution is 7.89. The molecule has 0 aliphatic carbocycles. The molecule has 1 rings (SSSR count). The molecule has 0 heterocycles. The average molecular weight is 362 g/mol. The van der Waals surface area contributed by atoms with Crippen molar-refractivity contribution in [2.75, 3.05) is 13.7 Å². The number of hydrogen-bond acceptors (Lipinski definition) is 7. The van der Waals surface area contributed by atoms with Gasteiger partial charge in [0.05, 0.1) is 7.11 Å². The van der Waals surface area contributed by atoms with Crippen LogP contribution >= 0.6 is 0 Å². The molecule has 132 valence electrons. The number of imide groups is 1. The Bertz CT molecular complexity index is 736. The Kier molecular flexibility index (Phi) is 6.80. The lowest BCUT2D eigenvalue weighted by molar-refractivity contribution is -0.153. The van der Waals surface area contributed by atoms with E-state index in [0.717, 1.165) is 19.2 Å². The van der Waals surface area contributed by atoms with E-state index in [4.69, 9.17) is 0 Å². The van der Waals surface area contributed by atoms with Crippen molar-refractivity contribution in [1.82, 2.24) is 10.0 Å². The van der Waals surface area contributed by atoms with E-state index in [2.05, 4.69) is 9.47 Å². The molecular weight excluding hydrogens is 347 g/mol. The number of methoxy groups -OCH3 is 1. The van der Waals surface area contributed by atoms with Gasteiger partial charge in [-0.3, -0.25) is 14.9 Å². The van der Waals surface area contributed by atoms with Gasteiger partial charge in [-0.1, -0.05) is 12.1 Å². The maximum absolute atomic E-state index is 13.4. The molecule has 1 aromatic carbocycles. The quantitative estimate of drug-likeness (QED) is 0.677. The third-order valence-corrected chi connectivity index (χ3v) is 4.06. The number of nitrogens with one attached hydrogen (secondary N) is 2. The second kappa shape index (κ2) is 8.36. The van der Waals surface area contributed by atoms with Crippen molar-refractivity contribution in [3.8, 4) is 0 Å². The molecule has 1 aromatic rings. The molecule has 2 amide bonds. The highest BCUT2D eigenvalue weighted by Crippen LogP contribution is 2.12. The molecule has 0 saturated heterocycles. The van der Waals surface area contributed by atoms with Crippen LogP contribution in [0.3, 0.4) is 0 Å². The lowest BCUT2D eigenvalue weighted by Crippen LogP contribution is -2.41. The molecule has 2 N–H and O–H groups in total.